The molecular weight excluding hydrogens is 580 g/mol. The largest absolute Gasteiger partial charge is 0.514 e. The number of benzene rings is 3. The fraction of sp³-hybridized carbons (Fsp3) is 0.270. The molecule has 3 aromatic carbocycles. The second-order valence-electron chi connectivity index (χ2n) is 12.4. The Labute approximate surface area is 267 Å². The highest BCUT2D eigenvalue weighted by Crippen LogP contribution is 2.34. The lowest BCUT2D eigenvalue weighted by atomic mass is 10.0. The fourth-order valence-electron chi connectivity index (χ4n) is 5.64. The Hall–Kier alpha value is -5.31. The Morgan fingerprint density at radius 2 is 1.48 bits per heavy atom. The number of imidazole rings is 1. The van der Waals surface area contributed by atoms with Crippen LogP contribution < -0.4 is 9.64 Å². The molecule has 46 heavy (non-hydrogen) atoms. The van der Waals surface area contributed by atoms with E-state index in [1.165, 1.54) is 4.90 Å². The second-order valence-corrected chi connectivity index (χ2v) is 12.4. The van der Waals surface area contributed by atoms with E-state index in [1.54, 1.807) is 58.0 Å². The molecule has 0 bridgehead atoms. The molecule has 2 aromatic heterocycles. The maximum Gasteiger partial charge on any atom is 0.514 e. The maximum atomic E-state index is 13.3. The summed E-state index contributed by atoms with van der Waals surface area (Å²) in [6, 6.07) is 24.1. The summed E-state index contributed by atoms with van der Waals surface area (Å²) in [6.07, 6.45) is 1.98. The molecule has 0 unspecified atom stereocenters. The number of nitrogens with zero attached hydrogens (tertiary/aromatic N) is 4. The topological polar surface area (TPSA) is 104 Å². The lowest BCUT2D eigenvalue weighted by Crippen LogP contribution is -2.30. The van der Waals surface area contributed by atoms with E-state index < -0.39 is 11.8 Å². The van der Waals surface area contributed by atoms with Gasteiger partial charge < -0.3 is 14.0 Å². The minimum Gasteiger partial charge on any atom is -0.428 e. The average Bonchev–Trinajstić information content (AvgIpc) is 3.47. The normalized spacial score (nSPS) is 12.9. The summed E-state index contributed by atoms with van der Waals surface area (Å²) >= 11 is 0. The summed E-state index contributed by atoms with van der Waals surface area (Å²) in [5.41, 5.74) is 5.14. The molecule has 0 aliphatic carbocycles. The van der Waals surface area contributed by atoms with Gasteiger partial charge in [0, 0.05) is 18.5 Å². The highest BCUT2D eigenvalue weighted by Gasteiger charge is 2.37. The number of amides is 2. The number of fused-ring (bicyclic) bond motifs is 2. The third-order valence-electron chi connectivity index (χ3n) is 7.85. The zero-order valence-electron chi connectivity index (χ0n) is 26.7. The van der Waals surface area contributed by atoms with Crippen LogP contribution in [0.4, 0.5) is 10.5 Å². The Bertz CT molecular complexity index is 1940. The van der Waals surface area contributed by atoms with Crippen molar-refractivity contribution in [3.8, 4) is 16.9 Å². The number of carbonyl (C=O) groups excluding carboxylic acids is 3. The van der Waals surface area contributed by atoms with Gasteiger partial charge in [-0.2, -0.15) is 0 Å². The number of aromatic nitrogens is 3. The molecule has 2 amide bonds. The number of carbonyl (C=O) groups is 3. The Balaban J connectivity index is 1.33. The predicted octanol–water partition coefficient (Wildman–Crippen LogP) is 7.91. The third-order valence-corrected chi connectivity index (χ3v) is 7.85. The first kappa shape index (κ1) is 30.7. The SMILES string of the molecule is CCCCc1nc2nc(C)c(N3C(=O)c4ccccc4C3=O)cc2n1Cc1ccc(-c2ccccc2OC(=O)OC(C)(C)C)cc1. The molecular formula is C37H36N4O5. The van der Waals surface area contributed by atoms with Crippen molar-refractivity contribution in [2.75, 3.05) is 4.90 Å². The molecule has 0 fully saturated rings. The summed E-state index contributed by atoms with van der Waals surface area (Å²) in [4.78, 5) is 49.9. The molecule has 0 saturated heterocycles. The van der Waals surface area contributed by atoms with E-state index in [2.05, 4.69) is 11.5 Å². The van der Waals surface area contributed by atoms with Gasteiger partial charge >= 0.3 is 6.16 Å². The van der Waals surface area contributed by atoms with E-state index >= 15 is 0 Å². The standard InChI is InChI=1S/C37H36N4O5/c1-6-7-16-32-39-33-30(21-29(23(2)38-33)41-34(42)27-13-8-9-14-28(27)35(41)43)40(32)22-24-17-19-25(20-18-24)26-12-10-11-15-31(26)45-36(44)46-37(3,4)5/h8-15,17-21H,6-7,16,22H2,1-5H3. The van der Waals surface area contributed by atoms with E-state index in [0.29, 0.717) is 40.4 Å². The van der Waals surface area contributed by atoms with Crippen molar-refractivity contribution in [2.45, 2.75) is 66.0 Å². The van der Waals surface area contributed by atoms with Gasteiger partial charge in [0.2, 0.25) is 0 Å². The maximum absolute atomic E-state index is 13.3. The third kappa shape index (κ3) is 6.00. The number of unbranched alkanes of at least 4 members (excludes halogenated alkanes) is 1. The first-order chi connectivity index (χ1) is 22.0. The van der Waals surface area contributed by atoms with Gasteiger partial charge in [-0.25, -0.2) is 19.7 Å². The fourth-order valence-corrected chi connectivity index (χ4v) is 5.64. The molecule has 0 atom stereocenters. The van der Waals surface area contributed by atoms with Crippen LogP contribution in [0.25, 0.3) is 22.3 Å². The van der Waals surface area contributed by atoms with E-state index in [9.17, 15) is 14.4 Å². The monoisotopic (exact) mass is 616 g/mol. The molecule has 6 rings (SSSR count). The average molecular weight is 617 g/mol. The van der Waals surface area contributed by atoms with Crippen LogP contribution in [0.1, 0.15) is 78.3 Å². The van der Waals surface area contributed by atoms with E-state index in [4.69, 9.17) is 19.4 Å². The first-order valence-electron chi connectivity index (χ1n) is 15.5. The van der Waals surface area contributed by atoms with Crippen molar-refractivity contribution in [2.24, 2.45) is 0 Å². The van der Waals surface area contributed by atoms with Crippen molar-refractivity contribution >= 4 is 34.8 Å². The zero-order chi connectivity index (χ0) is 32.6. The van der Waals surface area contributed by atoms with Crippen LogP contribution >= 0.6 is 0 Å². The highest BCUT2D eigenvalue weighted by molar-refractivity contribution is 6.34. The molecule has 0 radical (unpaired) electrons. The molecule has 1 aliphatic heterocycles. The Morgan fingerprint density at radius 1 is 0.848 bits per heavy atom. The molecule has 3 heterocycles. The number of para-hydroxylation sites is 1. The van der Waals surface area contributed by atoms with Crippen LogP contribution in [0.3, 0.4) is 0 Å². The van der Waals surface area contributed by atoms with Crippen LogP contribution in [-0.2, 0) is 17.7 Å². The number of hydrogen-bond acceptors (Lipinski definition) is 7. The van der Waals surface area contributed by atoms with Crippen LogP contribution in [0, 0.1) is 6.92 Å². The summed E-state index contributed by atoms with van der Waals surface area (Å²) in [7, 11) is 0. The van der Waals surface area contributed by atoms with Gasteiger partial charge in [-0.15, -0.1) is 0 Å². The van der Waals surface area contributed by atoms with Crippen molar-refractivity contribution in [3.05, 3.63) is 107 Å². The summed E-state index contributed by atoms with van der Waals surface area (Å²) < 4.78 is 13.0. The number of aryl methyl sites for hydroxylation is 2. The van der Waals surface area contributed by atoms with Gasteiger partial charge in [-0.05, 0) is 69.5 Å². The molecule has 9 heteroatoms. The molecule has 0 spiro atoms. The lowest BCUT2D eigenvalue weighted by molar-refractivity contribution is 0.0207. The zero-order valence-corrected chi connectivity index (χ0v) is 26.7. The van der Waals surface area contributed by atoms with Crippen LogP contribution in [0.5, 0.6) is 5.75 Å². The Kier molecular flexibility index (Phi) is 8.17. The van der Waals surface area contributed by atoms with Gasteiger partial charge in [-0.3, -0.25) is 9.59 Å². The second kappa shape index (κ2) is 12.2. The number of hydrogen-bond donors (Lipinski definition) is 0. The summed E-state index contributed by atoms with van der Waals surface area (Å²) in [6.45, 7) is 9.82. The Morgan fingerprint density at radius 3 is 2.11 bits per heavy atom. The smallest absolute Gasteiger partial charge is 0.428 e. The van der Waals surface area contributed by atoms with Crippen molar-refractivity contribution in [3.63, 3.8) is 0 Å². The van der Waals surface area contributed by atoms with Crippen molar-refractivity contribution < 1.29 is 23.9 Å². The van der Waals surface area contributed by atoms with Crippen LogP contribution in [0.2, 0.25) is 0 Å². The van der Waals surface area contributed by atoms with Gasteiger partial charge in [-0.1, -0.05) is 67.9 Å². The molecule has 0 N–H and O–H groups in total. The molecule has 1 aliphatic rings. The minimum absolute atomic E-state index is 0.353. The number of anilines is 1. The number of rotatable bonds is 8. The first-order valence-corrected chi connectivity index (χ1v) is 15.5. The van der Waals surface area contributed by atoms with E-state index in [0.717, 1.165) is 47.3 Å². The van der Waals surface area contributed by atoms with Gasteiger partial charge in [0.15, 0.2) is 5.65 Å². The lowest BCUT2D eigenvalue weighted by Gasteiger charge is -2.19. The molecule has 234 valence electrons. The molecule has 5 aromatic rings. The van der Waals surface area contributed by atoms with Crippen molar-refractivity contribution in [1.29, 1.82) is 0 Å². The van der Waals surface area contributed by atoms with Crippen LogP contribution in [-0.4, -0.2) is 38.1 Å². The van der Waals surface area contributed by atoms with Gasteiger partial charge in [0.05, 0.1) is 28.0 Å². The summed E-state index contributed by atoms with van der Waals surface area (Å²) in [5.74, 6) is 0.597. The van der Waals surface area contributed by atoms with Gasteiger partial charge in [0.25, 0.3) is 11.8 Å². The summed E-state index contributed by atoms with van der Waals surface area (Å²) in [5, 5.41) is 0. The van der Waals surface area contributed by atoms with E-state index in [1.807, 2.05) is 48.5 Å². The number of imide groups is 1. The quantitative estimate of drug-likeness (QED) is 0.0991. The highest BCUT2D eigenvalue weighted by atomic mass is 16.7. The molecule has 0 saturated carbocycles. The van der Waals surface area contributed by atoms with E-state index in [-0.39, 0.29) is 11.8 Å². The molecule has 9 nitrogen and oxygen atoms in total. The number of pyridine rings is 1. The predicted molar refractivity (Wildman–Crippen MR) is 176 cm³/mol. The number of ether oxygens (including phenoxy) is 2. The van der Waals surface area contributed by atoms with Crippen LogP contribution in [0.15, 0.2) is 78.9 Å². The van der Waals surface area contributed by atoms with Gasteiger partial charge in [0.1, 0.15) is 17.2 Å². The minimum atomic E-state index is -0.757. The van der Waals surface area contributed by atoms with Crippen molar-refractivity contribution in [1.82, 2.24) is 14.5 Å².